The minimum Gasteiger partial charge on any atom is -0.472 e. The van der Waals surface area contributed by atoms with Crippen molar-refractivity contribution in [1.29, 1.82) is 0 Å². The van der Waals surface area contributed by atoms with Gasteiger partial charge in [0.1, 0.15) is 0 Å². The Morgan fingerprint density at radius 3 is 3.08 bits per heavy atom. The summed E-state index contributed by atoms with van der Waals surface area (Å²) in [5.74, 6) is 7.49. The number of thioether (sulfide) groups is 1. The van der Waals surface area contributed by atoms with Gasteiger partial charge in [0, 0.05) is 11.3 Å². The summed E-state index contributed by atoms with van der Waals surface area (Å²) in [7, 11) is 0. The summed E-state index contributed by atoms with van der Waals surface area (Å²) in [4.78, 5) is 0. The second-order valence-electron chi connectivity index (χ2n) is 2.44. The fourth-order valence-corrected chi connectivity index (χ4v) is 1.71. The van der Waals surface area contributed by atoms with Crippen LogP contribution in [0.15, 0.2) is 23.0 Å². The molecular formula is C8H14N2OS. The Bertz CT molecular complexity index is 201. The molecular weight excluding hydrogens is 172 g/mol. The van der Waals surface area contributed by atoms with Crippen LogP contribution < -0.4 is 11.3 Å². The molecule has 3 nitrogen and oxygen atoms in total. The Kier molecular flexibility index (Phi) is 4.21. The molecule has 3 N–H and O–H groups in total. The van der Waals surface area contributed by atoms with Crippen LogP contribution in [0.1, 0.15) is 18.5 Å². The van der Waals surface area contributed by atoms with Crippen molar-refractivity contribution in [1.82, 2.24) is 5.43 Å². The second-order valence-corrected chi connectivity index (χ2v) is 3.75. The molecule has 0 aliphatic rings. The highest BCUT2D eigenvalue weighted by molar-refractivity contribution is 7.99. The first-order valence-corrected chi connectivity index (χ1v) is 5.10. The maximum absolute atomic E-state index is 5.40. The molecule has 0 bridgehead atoms. The van der Waals surface area contributed by atoms with Gasteiger partial charge in [0.05, 0.1) is 18.6 Å². The monoisotopic (exact) mass is 186 g/mol. The fourth-order valence-electron chi connectivity index (χ4n) is 0.950. The first-order chi connectivity index (χ1) is 5.88. The normalized spacial score (nSPS) is 13.2. The van der Waals surface area contributed by atoms with E-state index in [1.807, 2.05) is 17.8 Å². The highest BCUT2D eigenvalue weighted by atomic mass is 32.2. The Hall–Kier alpha value is -0.450. The zero-order chi connectivity index (χ0) is 8.81. The first-order valence-electron chi connectivity index (χ1n) is 3.94. The zero-order valence-electron chi connectivity index (χ0n) is 7.12. The molecule has 0 saturated carbocycles. The van der Waals surface area contributed by atoms with E-state index < -0.39 is 0 Å². The van der Waals surface area contributed by atoms with Gasteiger partial charge in [-0.15, -0.1) is 0 Å². The average molecular weight is 186 g/mol. The molecule has 0 spiro atoms. The summed E-state index contributed by atoms with van der Waals surface area (Å²) in [6.07, 6.45) is 3.39. The molecule has 4 heteroatoms. The van der Waals surface area contributed by atoms with Crippen LogP contribution in [0.4, 0.5) is 0 Å². The maximum Gasteiger partial charge on any atom is 0.0951 e. The Balaban J connectivity index is 2.45. The molecule has 1 atom stereocenters. The third-order valence-electron chi connectivity index (χ3n) is 1.64. The van der Waals surface area contributed by atoms with E-state index >= 15 is 0 Å². The molecule has 68 valence electrons. The highest BCUT2D eigenvalue weighted by Crippen LogP contribution is 2.17. The van der Waals surface area contributed by atoms with Gasteiger partial charge in [-0.2, -0.15) is 11.8 Å². The van der Waals surface area contributed by atoms with Crippen LogP contribution in [0.3, 0.4) is 0 Å². The van der Waals surface area contributed by atoms with Gasteiger partial charge < -0.3 is 4.42 Å². The predicted octanol–water partition coefficient (Wildman–Crippen LogP) is 1.54. The van der Waals surface area contributed by atoms with Crippen molar-refractivity contribution in [2.24, 2.45) is 5.84 Å². The van der Waals surface area contributed by atoms with Gasteiger partial charge in [0.25, 0.3) is 0 Å². The van der Waals surface area contributed by atoms with Crippen LogP contribution in [0, 0.1) is 0 Å². The lowest BCUT2D eigenvalue weighted by Crippen LogP contribution is -2.29. The largest absolute Gasteiger partial charge is 0.472 e. The smallest absolute Gasteiger partial charge is 0.0951 e. The molecule has 0 aromatic carbocycles. The van der Waals surface area contributed by atoms with E-state index in [0.29, 0.717) is 0 Å². The predicted molar refractivity (Wildman–Crippen MR) is 51.8 cm³/mol. The van der Waals surface area contributed by atoms with Gasteiger partial charge in [-0.05, 0) is 11.8 Å². The SMILES string of the molecule is CCSCC(NN)c1ccoc1. The van der Waals surface area contributed by atoms with Gasteiger partial charge in [-0.25, -0.2) is 0 Å². The number of hydrogen-bond acceptors (Lipinski definition) is 4. The van der Waals surface area contributed by atoms with Crippen LogP contribution in [-0.4, -0.2) is 11.5 Å². The number of hydrogen-bond donors (Lipinski definition) is 2. The molecule has 1 aromatic heterocycles. The van der Waals surface area contributed by atoms with Crippen LogP contribution >= 0.6 is 11.8 Å². The van der Waals surface area contributed by atoms with Gasteiger partial charge in [0.2, 0.25) is 0 Å². The molecule has 0 radical (unpaired) electrons. The molecule has 1 rings (SSSR count). The lowest BCUT2D eigenvalue weighted by Gasteiger charge is -2.12. The van der Waals surface area contributed by atoms with Crippen molar-refractivity contribution < 1.29 is 4.42 Å². The number of nitrogens with two attached hydrogens (primary N) is 1. The molecule has 0 aliphatic carbocycles. The van der Waals surface area contributed by atoms with Gasteiger partial charge >= 0.3 is 0 Å². The van der Waals surface area contributed by atoms with Gasteiger partial charge in [-0.1, -0.05) is 6.92 Å². The van der Waals surface area contributed by atoms with Crippen LogP contribution in [0.5, 0.6) is 0 Å². The molecule has 12 heavy (non-hydrogen) atoms. The molecule has 0 fully saturated rings. The lowest BCUT2D eigenvalue weighted by molar-refractivity contribution is 0.548. The molecule has 1 heterocycles. The van der Waals surface area contributed by atoms with E-state index in [4.69, 9.17) is 10.3 Å². The van der Waals surface area contributed by atoms with Gasteiger partial charge in [-0.3, -0.25) is 11.3 Å². The van der Waals surface area contributed by atoms with Crippen LogP contribution in [-0.2, 0) is 0 Å². The maximum atomic E-state index is 5.40. The number of nitrogens with one attached hydrogen (secondary N) is 1. The van der Waals surface area contributed by atoms with Crippen molar-refractivity contribution in [3.63, 3.8) is 0 Å². The first kappa shape index (κ1) is 9.64. The van der Waals surface area contributed by atoms with E-state index in [2.05, 4.69) is 12.3 Å². The van der Waals surface area contributed by atoms with Gasteiger partial charge in [0.15, 0.2) is 0 Å². The summed E-state index contributed by atoms with van der Waals surface area (Å²) in [6, 6.07) is 2.13. The molecule has 0 saturated heterocycles. The van der Waals surface area contributed by atoms with E-state index in [-0.39, 0.29) is 6.04 Å². The van der Waals surface area contributed by atoms with E-state index in [1.54, 1.807) is 12.5 Å². The Morgan fingerprint density at radius 1 is 1.75 bits per heavy atom. The van der Waals surface area contributed by atoms with Crippen LogP contribution in [0.25, 0.3) is 0 Å². The van der Waals surface area contributed by atoms with Crippen LogP contribution in [0.2, 0.25) is 0 Å². The molecule has 0 amide bonds. The summed E-state index contributed by atoms with van der Waals surface area (Å²) < 4.78 is 4.97. The third kappa shape index (κ3) is 2.55. The van der Waals surface area contributed by atoms with Crippen molar-refractivity contribution >= 4 is 11.8 Å². The lowest BCUT2D eigenvalue weighted by atomic mass is 10.2. The summed E-state index contributed by atoms with van der Waals surface area (Å²) in [6.45, 7) is 2.13. The zero-order valence-corrected chi connectivity index (χ0v) is 7.93. The van der Waals surface area contributed by atoms with Crippen molar-refractivity contribution in [2.75, 3.05) is 11.5 Å². The van der Waals surface area contributed by atoms with Crippen molar-refractivity contribution in [3.05, 3.63) is 24.2 Å². The van der Waals surface area contributed by atoms with E-state index in [0.717, 1.165) is 17.1 Å². The third-order valence-corrected chi connectivity index (χ3v) is 2.61. The Morgan fingerprint density at radius 2 is 2.58 bits per heavy atom. The molecule has 1 aromatic rings. The summed E-state index contributed by atoms with van der Waals surface area (Å²) in [5.41, 5.74) is 3.87. The molecule has 0 aliphatic heterocycles. The van der Waals surface area contributed by atoms with Crippen molar-refractivity contribution in [3.8, 4) is 0 Å². The highest BCUT2D eigenvalue weighted by Gasteiger charge is 2.09. The van der Waals surface area contributed by atoms with E-state index in [9.17, 15) is 0 Å². The Labute approximate surface area is 76.7 Å². The second kappa shape index (κ2) is 5.24. The average Bonchev–Trinajstić information content (AvgIpc) is 2.59. The topological polar surface area (TPSA) is 51.2 Å². The summed E-state index contributed by atoms with van der Waals surface area (Å²) >= 11 is 1.85. The van der Waals surface area contributed by atoms with Crippen molar-refractivity contribution in [2.45, 2.75) is 13.0 Å². The fraction of sp³-hybridized carbons (Fsp3) is 0.500. The minimum atomic E-state index is 0.202. The summed E-state index contributed by atoms with van der Waals surface area (Å²) in [5, 5.41) is 0. The number of furan rings is 1. The molecule has 1 unspecified atom stereocenters. The van der Waals surface area contributed by atoms with E-state index in [1.165, 1.54) is 0 Å². The minimum absolute atomic E-state index is 0.202. The standard InChI is InChI=1S/C8H14N2OS/c1-2-12-6-8(10-9)7-3-4-11-5-7/h3-5,8,10H,2,6,9H2,1H3. The quantitative estimate of drug-likeness (QED) is 0.541. The number of rotatable bonds is 5. The number of hydrazine groups is 1.